The minimum atomic E-state index is -1.04. The molecule has 4 aromatic carbocycles. The molecule has 0 aliphatic carbocycles. The molecule has 1 aromatic heterocycles. The van der Waals surface area contributed by atoms with E-state index in [1.165, 1.54) is 21.7 Å². The number of rotatable bonds is 8. The van der Waals surface area contributed by atoms with E-state index in [0.29, 0.717) is 33.8 Å². The van der Waals surface area contributed by atoms with Crippen LogP contribution in [0.3, 0.4) is 0 Å². The summed E-state index contributed by atoms with van der Waals surface area (Å²) < 4.78 is 25.9. The molecule has 2 amide bonds. The zero-order valence-corrected chi connectivity index (χ0v) is 21.2. The number of anilines is 1. The maximum absolute atomic E-state index is 14.1. The maximum Gasteiger partial charge on any atom is 0.249 e. The lowest BCUT2D eigenvalue weighted by molar-refractivity contribution is -0.127. The Morgan fingerprint density at radius 3 is 2.50 bits per heavy atom. The fraction of sp³-hybridized carbons (Fsp3) is 0.133. The van der Waals surface area contributed by atoms with Crippen molar-refractivity contribution in [3.8, 4) is 11.5 Å². The van der Waals surface area contributed by atoms with Gasteiger partial charge < -0.3 is 14.8 Å². The summed E-state index contributed by atoms with van der Waals surface area (Å²) in [5.41, 5.74) is 3.12. The number of aromatic nitrogens is 3. The molecule has 1 atom stereocenters. The topological polar surface area (TPSA) is 98.6 Å². The van der Waals surface area contributed by atoms with Crippen LogP contribution in [0.5, 0.6) is 11.5 Å². The van der Waals surface area contributed by atoms with Gasteiger partial charge in [-0.25, -0.2) is 9.07 Å². The van der Waals surface area contributed by atoms with Gasteiger partial charge in [0.15, 0.2) is 11.5 Å². The highest BCUT2D eigenvalue weighted by Gasteiger charge is 2.34. The third-order valence-corrected chi connectivity index (χ3v) is 6.61. The second-order valence-electron chi connectivity index (χ2n) is 9.19. The van der Waals surface area contributed by atoms with E-state index in [1.807, 2.05) is 42.5 Å². The highest BCUT2D eigenvalue weighted by Crippen LogP contribution is 2.38. The van der Waals surface area contributed by atoms with Crippen molar-refractivity contribution >= 4 is 28.5 Å². The summed E-state index contributed by atoms with van der Waals surface area (Å²) in [6.45, 7) is 0.0564. The van der Waals surface area contributed by atoms with Gasteiger partial charge in [-0.15, -0.1) is 5.10 Å². The number of nitrogens with zero attached hydrogens (tertiary/aromatic N) is 4. The fourth-order valence-corrected chi connectivity index (χ4v) is 4.65. The molecule has 1 N–H and O–H groups in total. The summed E-state index contributed by atoms with van der Waals surface area (Å²) in [7, 11) is 0. The first kappa shape index (κ1) is 25.1. The summed E-state index contributed by atoms with van der Waals surface area (Å²) in [5, 5.41) is 11.2. The smallest absolute Gasteiger partial charge is 0.249 e. The molecule has 0 saturated carbocycles. The molecule has 40 heavy (non-hydrogen) atoms. The predicted molar refractivity (Wildman–Crippen MR) is 145 cm³/mol. The lowest BCUT2D eigenvalue weighted by Crippen LogP contribution is -2.45. The molecule has 1 aliphatic rings. The van der Waals surface area contributed by atoms with Crippen LogP contribution in [0.4, 0.5) is 10.1 Å². The Labute approximate surface area is 228 Å². The van der Waals surface area contributed by atoms with Crippen LogP contribution in [0, 0.1) is 5.82 Å². The molecule has 6 rings (SSSR count). The Kier molecular flexibility index (Phi) is 6.80. The third-order valence-electron chi connectivity index (χ3n) is 6.61. The zero-order chi connectivity index (χ0) is 27.5. The lowest BCUT2D eigenvalue weighted by atomic mass is 10.0. The molecule has 0 fully saturated rings. The highest BCUT2D eigenvalue weighted by molar-refractivity contribution is 6.01. The van der Waals surface area contributed by atoms with E-state index in [-0.39, 0.29) is 31.6 Å². The van der Waals surface area contributed by atoms with E-state index in [9.17, 15) is 14.0 Å². The summed E-state index contributed by atoms with van der Waals surface area (Å²) in [6, 6.07) is 26.3. The van der Waals surface area contributed by atoms with Gasteiger partial charge in [0, 0.05) is 18.3 Å². The highest BCUT2D eigenvalue weighted by atomic mass is 19.1. The molecular weight excluding hydrogens is 513 g/mol. The second kappa shape index (κ2) is 10.9. The van der Waals surface area contributed by atoms with Gasteiger partial charge in [-0.1, -0.05) is 59.8 Å². The van der Waals surface area contributed by atoms with E-state index in [0.717, 1.165) is 5.56 Å². The van der Waals surface area contributed by atoms with Crippen molar-refractivity contribution in [2.24, 2.45) is 0 Å². The van der Waals surface area contributed by atoms with Crippen LogP contribution in [0.25, 0.3) is 11.0 Å². The van der Waals surface area contributed by atoms with Crippen LogP contribution >= 0.6 is 0 Å². The summed E-state index contributed by atoms with van der Waals surface area (Å²) in [6.07, 6.45) is 0. The Bertz CT molecular complexity index is 1670. The molecule has 0 unspecified atom stereocenters. The number of nitrogens with one attached hydrogen (secondary N) is 1. The summed E-state index contributed by atoms with van der Waals surface area (Å²) in [5.74, 6) is -0.141. The number of fused-ring (bicyclic) bond motifs is 2. The van der Waals surface area contributed by atoms with Crippen LogP contribution in [0.2, 0.25) is 0 Å². The van der Waals surface area contributed by atoms with E-state index in [1.54, 1.807) is 42.5 Å². The summed E-state index contributed by atoms with van der Waals surface area (Å²) >= 11 is 0. The predicted octanol–water partition coefficient (Wildman–Crippen LogP) is 4.39. The Morgan fingerprint density at radius 2 is 1.68 bits per heavy atom. The first-order valence-electron chi connectivity index (χ1n) is 12.6. The molecule has 200 valence electrons. The normalized spacial score (nSPS) is 12.7. The molecular formula is C30H24FN5O4. The van der Waals surface area contributed by atoms with Crippen molar-refractivity contribution in [1.82, 2.24) is 20.3 Å². The van der Waals surface area contributed by atoms with E-state index < -0.39 is 11.9 Å². The van der Waals surface area contributed by atoms with Gasteiger partial charge in [-0.2, -0.15) is 0 Å². The monoisotopic (exact) mass is 537 g/mol. The number of carbonyl (C=O) groups is 2. The van der Waals surface area contributed by atoms with Crippen LogP contribution in [0.1, 0.15) is 17.2 Å². The van der Waals surface area contributed by atoms with E-state index in [4.69, 9.17) is 9.47 Å². The van der Waals surface area contributed by atoms with Gasteiger partial charge in [0.2, 0.25) is 18.6 Å². The van der Waals surface area contributed by atoms with Crippen molar-refractivity contribution in [2.45, 2.75) is 19.1 Å². The summed E-state index contributed by atoms with van der Waals surface area (Å²) in [4.78, 5) is 29.4. The number of benzene rings is 4. The van der Waals surface area contributed by atoms with Gasteiger partial charge in [-0.05, 0) is 47.5 Å². The van der Waals surface area contributed by atoms with Gasteiger partial charge in [-0.3, -0.25) is 14.5 Å². The van der Waals surface area contributed by atoms with Crippen LogP contribution in [-0.4, -0.2) is 33.6 Å². The number of hydrogen-bond acceptors (Lipinski definition) is 6. The average molecular weight is 538 g/mol. The van der Waals surface area contributed by atoms with Gasteiger partial charge in [0.1, 0.15) is 23.9 Å². The molecule has 0 bridgehead atoms. The Balaban J connectivity index is 1.39. The molecule has 0 saturated heterocycles. The Hall–Kier alpha value is -5.25. The molecule has 0 radical (unpaired) electrons. The molecule has 1 aliphatic heterocycles. The molecule has 9 nitrogen and oxygen atoms in total. The van der Waals surface area contributed by atoms with Crippen molar-refractivity contribution in [3.05, 3.63) is 114 Å². The fourth-order valence-electron chi connectivity index (χ4n) is 4.65. The second-order valence-corrected chi connectivity index (χ2v) is 9.19. The quantitative estimate of drug-likeness (QED) is 0.315. The first-order chi connectivity index (χ1) is 19.6. The molecule has 2 heterocycles. The van der Waals surface area contributed by atoms with E-state index >= 15 is 0 Å². The van der Waals surface area contributed by atoms with Crippen LogP contribution < -0.4 is 19.7 Å². The number of amides is 2. The van der Waals surface area contributed by atoms with Crippen molar-refractivity contribution in [1.29, 1.82) is 0 Å². The number of halogens is 1. The van der Waals surface area contributed by atoms with E-state index in [2.05, 4.69) is 15.6 Å². The zero-order valence-electron chi connectivity index (χ0n) is 21.2. The Morgan fingerprint density at radius 1 is 0.925 bits per heavy atom. The minimum Gasteiger partial charge on any atom is -0.454 e. The van der Waals surface area contributed by atoms with Crippen molar-refractivity contribution < 1.29 is 23.5 Å². The van der Waals surface area contributed by atoms with Gasteiger partial charge >= 0.3 is 0 Å². The van der Waals surface area contributed by atoms with Crippen LogP contribution in [-0.2, 0) is 22.7 Å². The third kappa shape index (κ3) is 5.06. The first-order valence-corrected chi connectivity index (χ1v) is 12.6. The molecule has 0 spiro atoms. The van der Waals surface area contributed by atoms with Crippen LogP contribution in [0.15, 0.2) is 97.1 Å². The standard InChI is InChI=1S/C30H24FN5O4/c31-22-12-10-20(11-13-22)17-32-30(38)29(21-6-2-1-3-7-21)36(23-14-15-26-27(16-23)40-19-39-26)28(37)18-35-25-9-5-4-8-24(25)33-34-35/h1-16,29H,17-19H2,(H,32,38)/t29-/m1/s1. The number of ether oxygens (including phenoxy) is 2. The van der Waals surface area contributed by atoms with Crippen molar-refractivity contribution in [3.63, 3.8) is 0 Å². The van der Waals surface area contributed by atoms with Gasteiger partial charge in [0.25, 0.3) is 0 Å². The number of carbonyl (C=O) groups excluding carboxylic acids is 2. The van der Waals surface area contributed by atoms with Gasteiger partial charge in [0.05, 0.1) is 5.52 Å². The number of para-hydroxylation sites is 1. The maximum atomic E-state index is 14.1. The number of hydrogen-bond donors (Lipinski definition) is 1. The lowest BCUT2D eigenvalue weighted by Gasteiger charge is -2.31. The average Bonchev–Trinajstić information content (AvgIpc) is 3.62. The largest absolute Gasteiger partial charge is 0.454 e. The molecule has 5 aromatic rings. The minimum absolute atomic E-state index is 0.0674. The SMILES string of the molecule is O=C(NCc1ccc(F)cc1)[C@@H](c1ccccc1)N(C(=O)Cn1nnc2ccccc21)c1ccc2c(c1)OCO2. The molecule has 10 heteroatoms. The van der Waals surface area contributed by atoms with Crippen molar-refractivity contribution in [2.75, 3.05) is 11.7 Å².